The molecule has 0 radical (unpaired) electrons. The highest BCUT2D eigenvalue weighted by Crippen LogP contribution is 2.29. The number of aryl methyl sites for hydroxylation is 1. The summed E-state index contributed by atoms with van der Waals surface area (Å²) < 4.78 is 0.481. The third-order valence-corrected chi connectivity index (χ3v) is 2.48. The molecule has 0 amide bonds. The Bertz CT molecular complexity index is 332. The molecule has 3 heteroatoms. The number of carbonyl (C=O) groups excluding carboxylic acids is 1. The average molecular weight is 229 g/mol. The molecule has 1 N–H and O–H groups in total. The molecule has 0 unspecified atom stereocenters. The molecular formula is C9H9BrO2. The first-order valence-electron chi connectivity index (χ1n) is 3.53. The van der Waals surface area contributed by atoms with Crippen molar-refractivity contribution in [1.29, 1.82) is 0 Å². The molecule has 0 aliphatic heterocycles. The number of phenolic OH excluding ortho intramolecular Hbond substituents is 1. The number of Topliss-reactive ketones (excluding diaryl/α,β-unsaturated/α-hetero) is 1. The lowest BCUT2D eigenvalue weighted by Crippen LogP contribution is -1.97. The van der Waals surface area contributed by atoms with Crippen LogP contribution in [0.15, 0.2) is 16.6 Å². The van der Waals surface area contributed by atoms with Crippen LogP contribution < -0.4 is 0 Å². The summed E-state index contributed by atoms with van der Waals surface area (Å²) in [7, 11) is 0. The summed E-state index contributed by atoms with van der Waals surface area (Å²) in [6.07, 6.45) is 0. The van der Waals surface area contributed by atoms with E-state index in [9.17, 15) is 9.90 Å². The van der Waals surface area contributed by atoms with Gasteiger partial charge in [-0.2, -0.15) is 0 Å². The molecule has 0 aromatic heterocycles. The van der Waals surface area contributed by atoms with Gasteiger partial charge in [0.15, 0.2) is 5.78 Å². The molecule has 1 aromatic carbocycles. The minimum absolute atomic E-state index is 0.0460. The molecule has 0 spiro atoms. The van der Waals surface area contributed by atoms with Gasteiger partial charge in [-0.3, -0.25) is 4.79 Å². The quantitative estimate of drug-likeness (QED) is 0.751. The largest absolute Gasteiger partial charge is 0.507 e. The van der Waals surface area contributed by atoms with Gasteiger partial charge in [-0.25, -0.2) is 0 Å². The fourth-order valence-electron chi connectivity index (χ4n) is 1.09. The second kappa shape index (κ2) is 3.27. The van der Waals surface area contributed by atoms with Gasteiger partial charge >= 0.3 is 0 Å². The Balaban J connectivity index is 3.43. The van der Waals surface area contributed by atoms with E-state index in [0.29, 0.717) is 10.0 Å². The second-order valence-corrected chi connectivity index (χ2v) is 3.44. The molecule has 2 nitrogen and oxygen atoms in total. The first-order valence-corrected chi connectivity index (χ1v) is 4.32. The van der Waals surface area contributed by atoms with Gasteiger partial charge in [0.2, 0.25) is 0 Å². The van der Waals surface area contributed by atoms with E-state index in [2.05, 4.69) is 15.9 Å². The molecule has 0 bridgehead atoms. The predicted molar refractivity (Wildman–Crippen MR) is 50.5 cm³/mol. The van der Waals surface area contributed by atoms with Crippen molar-refractivity contribution in [2.45, 2.75) is 13.8 Å². The SMILES string of the molecule is CC(=O)c1c(C)ccc(O)c1Br. The molecule has 64 valence electrons. The topological polar surface area (TPSA) is 37.3 Å². The molecule has 0 atom stereocenters. The van der Waals surface area contributed by atoms with Crippen LogP contribution in [0.5, 0.6) is 5.75 Å². The lowest BCUT2D eigenvalue weighted by atomic mass is 10.1. The summed E-state index contributed by atoms with van der Waals surface area (Å²) in [5.41, 5.74) is 1.42. The van der Waals surface area contributed by atoms with E-state index >= 15 is 0 Å². The Morgan fingerprint density at radius 3 is 2.50 bits per heavy atom. The third-order valence-electron chi connectivity index (χ3n) is 1.68. The highest BCUT2D eigenvalue weighted by atomic mass is 79.9. The van der Waals surface area contributed by atoms with Crippen LogP contribution in [0.4, 0.5) is 0 Å². The summed E-state index contributed by atoms with van der Waals surface area (Å²) in [5.74, 6) is 0.0566. The fraction of sp³-hybridized carbons (Fsp3) is 0.222. The summed E-state index contributed by atoms with van der Waals surface area (Å²) in [5, 5.41) is 9.27. The summed E-state index contributed by atoms with van der Waals surface area (Å²) in [6.45, 7) is 3.31. The van der Waals surface area contributed by atoms with Crippen molar-refractivity contribution in [1.82, 2.24) is 0 Å². The number of halogens is 1. The van der Waals surface area contributed by atoms with Crippen molar-refractivity contribution in [3.63, 3.8) is 0 Å². The van der Waals surface area contributed by atoms with Gasteiger partial charge in [-0.05, 0) is 41.4 Å². The molecule has 0 saturated carbocycles. The van der Waals surface area contributed by atoms with Crippen LogP contribution in [0.2, 0.25) is 0 Å². The number of ketones is 1. The molecule has 0 saturated heterocycles. The highest BCUT2D eigenvalue weighted by molar-refractivity contribution is 9.10. The van der Waals surface area contributed by atoms with Gasteiger partial charge in [-0.1, -0.05) is 6.07 Å². The standard InChI is InChI=1S/C9H9BrO2/c1-5-3-4-7(12)9(10)8(5)6(2)11/h3-4,12H,1-2H3. The van der Waals surface area contributed by atoms with Crippen LogP contribution in [0.3, 0.4) is 0 Å². The van der Waals surface area contributed by atoms with Gasteiger partial charge in [0.25, 0.3) is 0 Å². The molecule has 0 aliphatic carbocycles. The monoisotopic (exact) mass is 228 g/mol. The van der Waals surface area contributed by atoms with Crippen molar-refractivity contribution in [3.05, 3.63) is 27.7 Å². The van der Waals surface area contributed by atoms with Gasteiger partial charge in [0.05, 0.1) is 4.47 Å². The Morgan fingerprint density at radius 1 is 1.50 bits per heavy atom. The maximum atomic E-state index is 11.1. The van der Waals surface area contributed by atoms with E-state index in [1.807, 2.05) is 6.92 Å². The Kier molecular flexibility index (Phi) is 2.52. The van der Waals surface area contributed by atoms with E-state index in [-0.39, 0.29) is 11.5 Å². The zero-order valence-corrected chi connectivity index (χ0v) is 8.47. The normalized spacial score (nSPS) is 9.92. The molecule has 1 aromatic rings. The maximum Gasteiger partial charge on any atom is 0.161 e. The lowest BCUT2D eigenvalue weighted by molar-refractivity contribution is 0.101. The van der Waals surface area contributed by atoms with Crippen LogP contribution in [0.25, 0.3) is 0 Å². The highest BCUT2D eigenvalue weighted by Gasteiger charge is 2.11. The second-order valence-electron chi connectivity index (χ2n) is 2.65. The van der Waals surface area contributed by atoms with E-state index in [1.165, 1.54) is 6.92 Å². The van der Waals surface area contributed by atoms with Gasteiger partial charge in [0, 0.05) is 5.56 Å². The number of benzene rings is 1. The number of aromatic hydroxyl groups is 1. The Labute approximate surface area is 79.3 Å². The van der Waals surface area contributed by atoms with E-state index in [0.717, 1.165) is 5.56 Å². The third kappa shape index (κ3) is 1.50. The van der Waals surface area contributed by atoms with E-state index in [4.69, 9.17) is 0 Å². The smallest absolute Gasteiger partial charge is 0.161 e. The minimum Gasteiger partial charge on any atom is -0.507 e. The van der Waals surface area contributed by atoms with Crippen molar-refractivity contribution in [2.24, 2.45) is 0 Å². The van der Waals surface area contributed by atoms with Crippen LogP contribution in [-0.2, 0) is 0 Å². The molecule has 12 heavy (non-hydrogen) atoms. The molecule has 0 fully saturated rings. The molecule has 0 heterocycles. The zero-order valence-electron chi connectivity index (χ0n) is 6.89. The van der Waals surface area contributed by atoms with Gasteiger partial charge in [-0.15, -0.1) is 0 Å². The first kappa shape index (κ1) is 9.26. The Hall–Kier alpha value is -0.830. The van der Waals surface area contributed by atoms with E-state index in [1.54, 1.807) is 12.1 Å². The molecule has 1 rings (SSSR count). The van der Waals surface area contributed by atoms with Crippen LogP contribution in [0.1, 0.15) is 22.8 Å². The van der Waals surface area contributed by atoms with Crippen LogP contribution >= 0.6 is 15.9 Å². The first-order chi connectivity index (χ1) is 5.54. The number of hydrogen-bond donors (Lipinski definition) is 1. The Morgan fingerprint density at radius 2 is 2.08 bits per heavy atom. The van der Waals surface area contributed by atoms with Gasteiger partial charge < -0.3 is 5.11 Å². The van der Waals surface area contributed by atoms with Crippen molar-refractivity contribution in [3.8, 4) is 5.75 Å². The predicted octanol–water partition coefficient (Wildman–Crippen LogP) is 2.67. The van der Waals surface area contributed by atoms with Crippen molar-refractivity contribution < 1.29 is 9.90 Å². The van der Waals surface area contributed by atoms with Gasteiger partial charge in [0.1, 0.15) is 5.75 Å². The maximum absolute atomic E-state index is 11.1. The van der Waals surface area contributed by atoms with Crippen LogP contribution in [-0.4, -0.2) is 10.9 Å². The van der Waals surface area contributed by atoms with Crippen molar-refractivity contribution >= 4 is 21.7 Å². The lowest BCUT2D eigenvalue weighted by Gasteiger charge is -2.05. The van der Waals surface area contributed by atoms with E-state index < -0.39 is 0 Å². The molecule has 0 aliphatic rings. The number of carbonyl (C=O) groups is 1. The minimum atomic E-state index is -0.0460. The van der Waals surface area contributed by atoms with Crippen molar-refractivity contribution in [2.75, 3.05) is 0 Å². The molecular weight excluding hydrogens is 220 g/mol. The summed E-state index contributed by atoms with van der Waals surface area (Å²) in [6, 6.07) is 3.28. The number of phenols is 1. The summed E-state index contributed by atoms with van der Waals surface area (Å²) >= 11 is 3.16. The van der Waals surface area contributed by atoms with Crippen LogP contribution in [0, 0.1) is 6.92 Å². The average Bonchev–Trinajstić information content (AvgIpc) is 1.97. The summed E-state index contributed by atoms with van der Waals surface area (Å²) in [4.78, 5) is 11.1. The number of hydrogen-bond acceptors (Lipinski definition) is 2. The fourth-order valence-corrected chi connectivity index (χ4v) is 1.82. The zero-order chi connectivity index (χ0) is 9.30. The number of rotatable bonds is 1.